The molecule has 0 unspecified atom stereocenters. The van der Waals surface area contributed by atoms with Crippen LogP contribution in [0.2, 0.25) is 0 Å². The first-order valence-electron chi connectivity index (χ1n) is 5.84. The van der Waals surface area contributed by atoms with Gasteiger partial charge in [0.1, 0.15) is 0 Å². The van der Waals surface area contributed by atoms with Gasteiger partial charge in [-0.1, -0.05) is 42.5 Å². The summed E-state index contributed by atoms with van der Waals surface area (Å²) in [5.74, 6) is -0.104. The van der Waals surface area contributed by atoms with Crippen molar-refractivity contribution in [1.82, 2.24) is 0 Å². The second-order valence-electron chi connectivity index (χ2n) is 4.64. The fourth-order valence-electron chi connectivity index (χ4n) is 2.42. The number of hydrogen-bond donors (Lipinski definition) is 0. The van der Waals surface area contributed by atoms with E-state index < -0.39 is 0 Å². The maximum absolute atomic E-state index is 11.8. The molecule has 17 heavy (non-hydrogen) atoms. The van der Waals surface area contributed by atoms with Crippen molar-refractivity contribution in [3.63, 3.8) is 0 Å². The number of benzene rings is 2. The van der Waals surface area contributed by atoms with Crippen molar-refractivity contribution in [3.05, 3.63) is 48.0 Å². The minimum Gasteiger partial charge on any atom is -0.468 e. The lowest BCUT2D eigenvalue weighted by Crippen LogP contribution is -2.21. The van der Waals surface area contributed by atoms with E-state index >= 15 is 0 Å². The number of carbonyl (C=O) groups excluding carboxylic acids is 1. The van der Waals surface area contributed by atoms with Gasteiger partial charge in [0.15, 0.2) is 0 Å². The van der Waals surface area contributed by atoms with Crippen molar-refractivity contribution in [2.24, 2.45) is 0 Å². The number of fused-ring (bicyclic) bond motifs is 1. The van der Waals surface area contributed by atoms with Crippen molar-refractivity contribution in [1.29, 1.82) is 0 Å². The van der Waals surface area contributed by atoms with E-state index in [2.05, 4.69) is 24.3 Å². The highest BCUT2D eigenvalue weighted by Crippen LogP contribution is 2.49. The van der Waals surface area contributed by atoms with Crippen LogP contribution in [0, 0.1) is 0 Å². The zero-order valence-corrected chi connectivity index (χ0v) is 9.77. The molecule has 1 aliphatic carbocycles. The van der Waals surface area contributed by atoms with E-state index in [1.807, 2.05) is 18.2 Å². The summed E-state index contributed by atoms with van der Waals surface area (Å²) in [5.41, 5.74) is 0.724. The molecule has 3 rings (SSSR count). The van der Waals surface area contributed by atoms with Crippen molar-refractivity contribution in [3.8, 4) is 0 Å². The molecule has 0 aliphatic heterocycles. The maximum atomic E-state index is 11.8. The molecule has 0 atom stereocenters. The second-order valence-corrected chi connectivity index (χ2v) is 4.64. The van der Waals surface area contributed by atoms with Gasteiger partial charge in [0.05, 0.1) is 12.5 Å². The van der Waals surface area contributed by atoms with Crippen LogP contribution in [0.3, 0.4) is 0 Å². The van der Waals surface area contributed by atoms with Crippen LogP contribution in [-0.4, -0.2) is 13.1 Å². The Morgan fingerprint density at radius 1 is 1.12 bits per heavy atom. The third-order valence-corrected chi connectivity index (χ3v) is 3.63. The molecule has 1 saturated carbocycles. The van der Waals surface area contributed by atoms with Gasteiger partial charge in [0, 0.05) is 0 Å². The predicted molar refractivity (Wildman–Crippen MR) is 66.9 cm³/mol. The fraction of sp³-hybridized carbons (Fsp3) is 0.267. The number of hydrogen-bond acceptors (Lipinski definition) is 2. The van der Waals surface area contributed by atoms with Crippen LogP contribution in [0.4, 0.5) is 0 Å². The van der Waals surface area contributed by atoms with Gasteiger partial charge in [0.2, 0.25) is 0 Å². The Labute approximate surface area is 100 Å². The highest BCUT2D eigenvalue weighted by molar-refractivity contribution is 5.90. The molecule has 0 aromatic heterocycles. The zero-order chi connectivity index (χ0) is 11.9. The first kappa shape index (κ1) is 10.3. The van der Waals surface area contributed by atoms with E-state index in [0.29, 0.717) is 0 Å². The van der Waals surface area contributed by atoms with Crippen molar-refractivity contribution in [2.45, 2.75) is 18.3 Å². The first-order valence-corrected chi connectivity index (χ1v) is 5.84. The fourth-order valence-corrected chi connectivity index (χ4v) is 2.42. The molecule has 0 saturated heterocycles. The average molecular weight is 226 g/mol. The SMILES string of the molecule is COC(=O)C1(c2ccc3ccccc3c2)CC1. The number of esters is 1. The minimum atomic E-state index is -0.362. The third-order valence-electron chi connectivity index (χ3n) is 3.63. The van der Waals surface area contributed by atoms with Gasteiger partial charge in [-0.2, -0.15) is 0 Å². The molecule has 2 nitrogen and oxygen atoms in total. The summed E-state index contributed by atoms with van der Waals surface area (Å²) in [5, 5.41) is 2.39. The molecule has 0 radical (unpaired) electrons. The van der Waals surface area contributed by atoms with E-state index in [9.17, 15) is 4.79 Å². The molecule has 2 heteroatoms. The quantitative estimate of drug-likeness (QED) is 0.736. The van der Waals surface area contributed by atoms with Gasteiger partial charge < -0.3 is 4.74 Å². The van der Waals surface area contributed by atoms with Gasteiger partial charge in [-0.15, -0.1) is 0 Å². The number of rotatable bonds is 2. The lowest BCUT2D eigenvalue weighted by atomic mass is 9.94. The average Bonchev–Trinajstić information content (AvgIpc) is 3.19. The number of ether oxygens (including phenoxy) is 1. The monoisotopic (exact) mass is 226 g/mol. The van der Waals surface area contributed by atoms with Crippen LogP contribution in [-0.2, 0) is 14.9 Å². The van der Waals surface area contributed by atoms with Crippen LogP contribution in [0.1, 0.15) is 18.4 Å². The highest BCUT2D eigenvalue weighted by Gasteiger charge is 2.52. The van der Waals surface area contributed by atoms with Gasteiger partial charge >= 0.3 is 5.97 Å². The molecule has 86 valence electrons. The Balaban J connectivity index is 2.10. The molecule has 2 aromatic carbocycles. The summed E-state index contributed by atoms with van der Waals surface area (Å²) in [7, 11) is 1.46. The molecule has 1 aliphatic rings. The second kappa shape index (κ2) is 3.59. The molecular formula is C15H14O2. The summed E-state index contributed by atoms with van der Waals surface area (Å²) in [4.78, 5) is 11.8. The molecule has 0 heterocycles. The van der Waals surface area contributed by atoms with Crippen LogP contribution < -0.4 is 0 Å². The van der Waals surface area contributed by atoms with E-state index in [4.69, 9.17) is 4.74 Å². The van der Waals surface area contributed by atoms with Crippen molar-refractivity contribution >= 4 is 16.7 Å². The van der Waals surface area contributed by atoms with Gasteiger partial charge in [-0.3, -0.25) is 4.79 Å². The summed E-state index contributed by atoms with van der Waals surface area (Å²) in [6.45, 7) is 0. The Hall–Kier alpha value is -1.83. The van der Waals surface area contributed by atoms with Gasteiger partial charge in [0.25, 0.3) is 0 Å². The predicted octanol–water partition coefficient (Wildman–Crippen LogP) is 3.04. The van der Waals surface area contributed by atoms with Gasteiger partial charge in [-0.05, 0) is 29.2 Å². The van der Waals surface area contributed by atoms with Crippen LogP contribution >= 0.6 is 0 Å². The van der Waals surface area contributed by atoms with E-state index in [1.165, 1.54) is 17.9 Å². The summed E-state index contributed by atoms with van der Waals surface area (Å²) in [6, 6.07) is 14.4. The molecule has 1 fully saturated rings. The Kier molecular flexibility index (Phi) is 2.18. The van der Waals surface area contributed by atoms with Gasteiger partial charge in [-0.25, -0.2) is 0 Å². The Morgan fingerprint density at radius 2 is 1.82 bits per heavy atom. The largest absolute Gasteiger partial charge is 0.468 e. The lowest BCUT2D eigenvalue weighted by Gasteiger charge is -2.13. The summed E-state index contributed by atoms with van der Waals surface area (Å²) >= 11 is 0. The lowest BCUT2D eigenvalue weighted by molar-refractivity contribution is -0.143. The Morgan fingerprint density at radius 3 is 2.47 bits per heavy atom. The molecule has 2 aromatic rings. The van der Waals surface area contributed by atoms with E-state index in [0.717, 1.165) is 18.4 Å². The standard InChI is InChI=1S/C15H14O2/c1-17-14(16)15(8-9-15)13-7-6-11-4-2-3-5-12(11)10-13/h2-7,10H,8-9H2,1H3. The van der Waals surface area contributed by atoms with Crippen molar-refractivity contribution in [2.75, 3.05) is 7.11 Å². The molecule has 0 bridgehead atoms. The normalized spacial score (nSPS) is 16.8. The number of methoxy groups -OCH3 is 1. The Bertz CT molecular complexity index is 582. The minimum absolute atomic E-state index is 0.104. The maximum Gasteiger partial charge on any atom is 0.316 e. The summed E-state index contributed by atoms with van der Waals surface area (Å²) < 4.78 is 4.91. The van der Waals surface area contributed by atoms with Crippen LogP contribution in [0.25, 0.3) is 10.8 Å². The molecule has 0 spiro atoms. The smallest absolute Gasteiger partial charge is 0.316 e. The topological polar surface area (TPSA) is 26.3 Å². The zero-order valence-electron chi connectivity index (χ0n) is 9.77. The number of carbonyl (C=O) groups is 1. The summed E-state index contributed by atoms with van der Waals surface area (Å²) in [6.07, 6.45) is 1.80. The highest BCUT2D eigenvalue weighted by atomic mass is 16.5. The molecule has 0 amide bonds. The van der Waals surface area contributed by atoms with Crippen molar-refractivity contribution < 1.29 is 9.53 Å². The third kappa shape index (κ3) is 1.52. The van der Waals surface area contributed by atoms with E-state index in [1.54, 1.807) is 0 Å². The van der Waals surface area contributed by atoms with Crippen LogP contribution in [0.5, 0.6) is 0 Å². The first-order chi connectivity index (χ1) is 8.26. The van der Waals surface area contributed by atoms with Crippen LogP contribution in [0.15, 0.2) is 42.5 Å². The molecular weight excluding hydrogens is 212 g/mol. The van der Waals surface area contributed by atoms with E-state index in [-0.39, 0.29) is 11.4 Å². The molecule has 0 N–H and O–H groups in total.